The number of hydrazone groups is 1. The summed E-state index contributed by atoms with van der Waals surface area (Å²) < 4.78 is 23.1. The van der Waals surface area contributed by atoms with Crippen molar-refractivity contribution in [3.8, 4) is 0 Å². The average Bonchev–Trinajstić information content (AvgIpc) is 3.02. The number of nitrogens with one attached hydrogen (secondary N) is 1. The highest BCUT2D eigenvalue weighted by Gasteiger charge is 2.29. The molecular weight excluding hydrogens is 396 g/mol. The molecule has 0 spiro atoms. The van der Waals surface area contributed by atoms with Crippen LogP contribution in [0.2, 0.25) is 5.02 Å². The average molecular weight is 415 g/mol. The summed E-state index contributed by atoms with van der Waals surface area (Å²) in [6.45, 7) is 0. The molecule has 1 amide bonds. The van der Waals surface area contributed by atoms with E-state index in [4.69, 9.17) is 11.6 Å². The predicted molar refractivity (Wildman–Crippen MR) is 114 cm³/mol. The van der Waals surface area contributed by atoms with Crippen molar-refractivity contribution in [3.63, 3.8) is 0 Å². The molecule has 0 aliphatic carbocycles. The van der Waals surface area contributed by atoms with Gasteiger partial charge in [-0.05, 0) is 23.1 Å². The van der Waals surface area contributed by atoms with Crippen molar-refractivity contribution in [2.24, 2.45) is 11.0 Å². The van der Waals surface area contributed by atoms with E-state index in [0.29, 0.717) is 11.4 Å². The molecule has 1 N–H and O–H groups in total. The largest absolute Gasteiger partial charge is 0.273 e. The minimum Gasteiger partial charge on any atom is -0.273 e. The number of benzene rings is 3. The van der Waals surface area contributed by atoms with Crippen molar-refractivity contribution in [3.05, 3.63) is 59.1 Å². The molecule has 0 saturated carbocycles. The van der Waals surface area contributed by atoms with Crippen LogP contribution in [0.25, 0.3) is 21.5 Å². The molecule has 1 aliphatic heterocycles. The second kappa shape index (κ2) is 7.53. The van der Waals surface area contributed by atoms with Crippen molar-refractivity contribution in [2.45, 2.75) is 12.8 Å². The maximum atomic E-state index is 12.1. The van der Waals surface area contributed by atoms with Crippen molar-refractivity contribution >= 4 is 55.1 Å². The highest BCUT2D eigenvalue weighted by atomic mass is 35.5. The van der Waals surface area contributed by atoms with Crippen molar-refractivity contribution < 1.29 is 13.2 Å². The molecule has 5 nitrogen and oxygen atoms in total. The number of halogens is 1. The molecule has 144 valence electrons. The van der Waals surface area contributed by atoms with Gasteiger partial charge in [0.1, 0.15) is 0 Å². The van der Waals surface area contributed by atoms with Crippen molar-refractivity contribution in [1.29, 1.82) is 0 Å². The summed E-state index contributed by atoms with van der Waals surface area (Å²) in [5, 5.41) is 8.57. The normalized spacial score (nSPS) is 18.8. The Labute approximate surface area is 168 Å². The van der Waals surface area contributed by atoms with Crippen LogP contribution < -0.4 is 5.43 Å². The van der Waals surface area contributed by atoms with E-state index in [1.807, 2.05) is 48.5 Å². The first kappa shape index (κ1) is 18.9. The first-order valence-corrected chi connectivity index (χ1v) is 11.3. The van der Waals surface area contributed by atoms with Gasteiger partial charge in [-0.15, -0.1) is 0 Å². The van der Waals surface area contributed by atoms with E-state index in [1.54, 1.807) is 6.21 Å². The van der Waals surface area contributed by atoms with Gasteiger partial charge in [-0.1, -0.05) is 60.1 Å². The molecule has 28 heavy (non-hydrogen) atoms. The maximum absolute atomic E-state index is 12.1. The molecule has 1 aliphatic rings. The van der Waals surface area contributed by atoms with Gasteiger partial charge in [-0.25, -0.2) is 13.8 Å². The number of sulfone groups is 1. The van der Waals surface area contributed by atoms with Crippen LogP contribution >= 0.6 is 11.6 Å². The fraction of sp³-hybridized carbons (Fsp3) is 0.238. The summed E-state index contributed by atoms with van der Waals surface area (Å²) in [4.78, 5) is 12.1. The third-order valence-corrected chi connectivity index (χ3v) is 7.34. The molecule has 0 aromatic heterocycles. The van der Waals surface area contributed by atoms with Gasteiger partial charge in [-0.3, -0.25) is 4.79 Å². The van der Waals surface area contributed by atoms with Crippen molar-refractivity contribution in [1.82, 2.24) is 5.43 Å². The lowest BCUT2D eigenvalue weighted by Gasteiger charge is -2.10. The third kappa shape index (κ3) is 3.75. The van der Waals surface area contributed by atoms with Gasteiger partial charge in [0.15, 0.2) is 9.84 Å². The molecule has 7 heteroatoms. The number of carbonyl (C=O) groups is 1. The van der Waals surface area contributed by atoms with Gasteiger partial charge in [-0.2, -0.15) is 5.10 Å². The Morgan fingerprint density at radius 2 is 1.64 bits per heavy atom. The number of carbonyl (C=O) groups excluding carboxylic acids is 1. The lowest BCUT2D eigenvalue weighted by atomic mass is 9.97. The van der Waals surface area contributed by atoms with Gasteiger partial charge < -0.3 is 0 Å². The van der Waals surface area contributed by atoms with Crippen LogP contribution in [0.3, 0.4) is 0 Å². The number of fused-ring (bicyclic) bond motifs is 2. The topological polar surface area (TPSA) is 75.6 Å². The Morgan fingerprint density at radius 1 is 1.07 bits per heavy atom. The van der Waals surface area contributed by atoms with Crippen molar-refractivity contribution in [2.75, 3.05) is 11.5 Å². The summed E-state index contributed by atoms with van der Waals surface area (Å²) in [6, 6.07) is 15.6. The molecular formula is C21H19ClN2O3S. The first-order valence-electron chi connectivity index (χ1n) is 9.06. The summed E-state index contributed by atoms with van der Waals surface area (Å²) >= 11 is 6.59. The lowest BCUT2D eigenvalue weighted by Crippen LogP contribution is -2.21. The Bertz CT molecular complexity index is 1150. The van der Waals surface area contributed by atoms with Gasteiger partial charge in [0.05, 0.1) is 22.7 Å². The van der Waals surface area contributed by atoms with Crippen LogP contribution in [0.4, 0.5) is 0 Å². The second-order valence-corrected chi connectivity index (χ2v) is 9.69. The summed E-state index contributed by atoms with van der Waals surface area (Å²) in [7, 11) is -2.99. The Morgan fingerprint density at radius 3 is 2.18 bits per heavy atom. The fourth-order valence-corrected chi connectivity index (χ4v) is 5.95. The highest BCUT2D eigenvalue weighted by molar-refractivity contribution is 7.91. The molecule has 1 fully saturated rings. The smallest absolute Gasteiger partial charge is 0.240 e. The minimum absolute atomic E-state index is 0.0800. The van der Waals surface area contributed by atoms with Gasteiger partial charge >= 0.3 is 0 Å². The summed E-state index contributed by atoms with van der Waals surface area (Å²) in [5.41, 5.74) is 3.41. The second-order valence-electron chi connectivity index (χ2n) is 7.09. The lowest BCUT2D eigenvalue weighted by molar-refractivity contribution is -0.121. The highest BCUT2D eigenvalue weighted by Crippen LogP contribution is 2.35. The number of hydrogen-bond acceptors (Lipinski definition) is 4. The van der Waals surface area contributed by atoms with E-state index in [0.717, 1.165) is 27.1 Å². The minimum atomic E-state index is -2.99. The van der Waals surface area contributed by atoms with E-state index in [2.05, 4.69) is 10.5 Å². The zero-order valence-corrected chi connectivity index (χ0v) is 16.6. The Balaban J connectivity index is 1.60. The maximum Gasteiger partial charge on any atom is 0.240 e. The molecule has 1 atom stereocenters. The molecule has 1 heterocycles. The Kier molecular flexibility index (Phi) is 5.08. The van der Waals surface area contributed by atoms with Crippen LogP contribution in [0.1, 0.15) is 18.4 Å². The molecule has 1 saturated heterocycles. The molecule has 4 rings (SSSR count). The summed E-state index contributed by atoms with van der Waals surface area (Å²) in [6.07, 6.45) is 2.33. The number of rotatable bonds is 4. The first-order chi connectivity index (χ1) is 13.4. The standard InChI is InChI=1S/C21H19ClN2O3S/c22-21-17-7-3-1-5-15(17)19(16-6-2-4-8-18(16)21)12-23-24-20(25)11-14-9-10-28(26,27)13-14/h1-8,12,14H,9-11,13H2,(H,24,25)/b23-12-/t14-/m1/s1. The van der Waals surface area contributed by atoms with E-state index < -0.39 is 9.84 Å². The molecule has 0 bridgehead atoms. The number of nitrogens with zero attached hydrogens (tertiary/aromatic N) is 1. The Hall–Kier alpha value is -2.44. The number of hydrogen-bond donors (Lipinski definition) is 1. The monoisotopic (exact) mass is 414 g/mol. The van der Waals surface area contributed by atoms with E-state index in [-0.39, 0.29) is 29.8 Å². The van der Waals surface area contributed by atoms with E-state index in [9.17, 15) is 13.2 Å². The zero-order valence-electron chi connectivity index (χ0n) is 15.1. The predicted octanol–water partition coefficient (Wildman–Crippen LogP) is 3.92. The molecule has 0 unspecified atom stereocenters. The van der Waals surface area contributed by atoms with E-state index >= 15 is 0 Å². The van der Waals surface area contributed by atoms with Gasteiger partial charge in [0.2, 0.25) is 5.91 Å². The van der Waals surface area contributed by atoms with Crippen LogP contribution in [-0.2, 0) is 14.6 Å². The fourth-order valence-electron chi connectivity index (χ4n) is 3.76. The molecule has 0 radical (unpaired) electrons. The number of amides is 1. The third-order valence-electron chi connectivity index (χ3n) is 5.09. The van der Waals surface area contributed by atoms with Crippen LogP contribution in [0, 0.1) is 5.92 Å². The SMILES string of the molecule is O=C(C[C@H]1CCS(=O)(=O)C1)N/N=C\c1c2ccccc2c(Cl)c2ccccc12. The van der Waals surface area contributed by atoms with E-state index in [1.165, 1.54) is 0 Å². The van der Waals surface area contributed by atoms with Gasteiger partial charge in [0, 0.05) is 22.8 Å². The zero-order chi connectivity index (χ0) is 19.7. The quantitative estimate of drug-likeness (QED) is 0.399. The van der Waals surface area contributed by atoms with Crippen LogP contribution in [0.5, 0.6) is 0 Å². The van der Waals surface area contributed by atoms with Gasteiger partial charge in [0.25, 0.3) is 0 Å². The summed E-state index contributed by atoms with van der Waals surface area (Å²) in [5.74, 6) is -0.161. The molecule has 3 aromatic rings. The van der Waals surface area contributed by atoms with Crippen LogP contribution in [0.15, 0.2) is 53.6 Å². The molecule has 3 aromatic carbocycles. The van der Waals surface area contributed by atoms with Crippen LogP contribution in [-0.4, -0.2) is 32.0 Å².